The first-order valence-corrected chi connectivity index (χ1v) is 7.11. The second kappa shape index (κ2) is 7.05. The van der Waals surface area contributed by atoms with E-state index in [1.165, 1.54) is 0 Å². The highest BCUT2D eigenvalue weighted by molar-refractivity contribution is 5.97. The van der Waals surface area contributed by atoms with Crippen LogP contribution in [0, 0.1) is 0 Å². The van der Waals surface area contributed by atoms with E-state index in [0.717, 1.165) is 37.2 Å². The molecule has 0 aromatic heterocycles. The number of nitrogens with two attached hydrogens (primary N) is 1. The number of nitrogens with one attached hydrogen (secondary N) is 1. The molecular formula is C15H21N3O2. The average molecular weight is 275 g/mol. The Morgan fingerprint density at radius 3 is 2.90 bits per heavy atom. The standard InChI is InChI=1S/C15H21N3O2/c16-9-2-1-7-14(19)17-12-5-3-6-13(11-12)18-10-4-8-15(18)20/h3,5-6,11H,1-2,4,7-10,16H2,(H,17,19). The van der Waals surface area contributed by atoms with Crippen LogP contribution in [-0.2, 0) is 9.59 Å². The van der Waals surface area contributed by atoms with Gasteiger partial charge in [0.25, 0.3) is 0 Å². The summed E-state index contributed by atoms with van der Waals surface area (Å²) in [6.07, 6.45) is 3.64. The van der Waals surface area contributed by atoms with Gasteiger partial charge < -0.3 is 16.0 Å². The zero-order valence-electron chi connectivity index (χ0n) is 11.6. The maximum absolute atomic E-state index is 11.8. The summed E-state index contributed by atoms with van der Waals surface area (Å²) in [7, 11) is 0. The smallest absolute Gasteiger partial charge is 0.227 e. The molecule has 5 nitrogen and oxygen atoms in total. The van der Waals surface area contributed by atoms with E-state index < -0.39 is 0 Å². The van der Waals surface area contributed by atoms with Crippen molar-refractivity contribution in [3.63, 3.8) is 0 Å². The highest BCUT2D eigenvalue weighted by Crippen LogP contribution is 2.24. The largest absolute Gasteiger partial charge is 0.330 e. The van der Waals surface area contributed by atoms with Crippen LogP contribution in [0.5, 0.6) is 0 Å². The Labute approximate surface area is 119 Å². The second-order valence-electron chi connectivity index (χ2n) is 4.99. The van der Waals surface area contributed by atoms with E-state index in [1.54, 1.807) is 4.90 Å². The number of carbonyl (C=O) groups is 2. The fourth-order valence-corrected chi connectivity index (χ4v) is 2.33. The van der Waals surface area contributed by atoms with Gasteiger partial charge in [-0.15, -0.1) is 0 Å². The van der Waals surface area contributed by atoms with Crippen LogP contribution in [0.15, 0.2) is 24.3 Å². The first-order valence-electron chi connectivity index (χ1n) is 7.11. The molecule has 0 aliphatic carbocycles. The molecule has 0 saturated carbocycles. The van der Waals surface area contributed by atoms with Crippen molar-refractivity contribution in [1.29, 1.82) is 0 Å². The first kappa shape index (κ1) is 14.5. The lowest BCUT2D eigenvalue weighted by Gasteiger charge is -2.16. The number of rotatable bonds is 6. The van der Waals surface area contributed by atoms with Crippen LogP contribution in [0.2, 0.25) is 0 Å². The van der Waals surface area contributed by atoms with Crippen molar-refractivity contribution in [1.82, 2.24) is 0 Å². The third-order valence-electron chi connectivity index (χ3n) is 3.37. The van der Waals surface area contributed by atoms with Crippen LogP contribution in [0.3, 0.4) is 0 Å². The number of amides is 2. The van der Waals surface area contributed by atoms with E-state index in [0.29, 0.717) is 19.4 Å². The second-order valence-corrected chi connectivity index (χ2v) is 4.99. The van der Waals surface area contributed by atoms with E-state index in [4.69, 9.17) is 5.73 Å². The van der Waals surface area contributed by atoms with Crippen molar-refractivity contribution in [2.45, 2.75) is 32.1 Å². The predicted octanol–water partition coefficient (Wildman–Crippen LogP) is 1.88. The van der Waals surface area contributed by atoms with Gasteiger partial charge in [0.1, 0.15) is 0 Å². The Kier molecular flexibility index (Phi) is 5.12. The average Bonchev–Trinajstić information content (AvgIpc) is 2.85. The van der Waals surface area contributed by atoms with E-state index in [-0.39, 0.29) is 11.8 Å². The van der Waals surface area contributed by atoms with Gasteiger partial charge in [0.15, 0.2) is 0 Å². The molecule has 0 atom stereocenters. The Bertz CT molecular complexity index is 488. The molecular weight excluding hydrogens is 254 g/mol. The Balaban J connectivity index is 1.95. The highest BCUT2D eigenvalue weighted by atomic mass is 16.2. The minimum absolute atomic E-state index is 0.0108. The SMILES string of the molecule is NCCCCC(=O)Nc1cccc(N2CCCC2=O)c1. The number of carbonyl (C=O) groups excluding carboxylic acids is 2. The normalized spacial score (nSPS) is 14.7. The van der Waals surface area contributed by atoms with E-state index in [2.05, 4.69) is 5.32 Å². The summed E-state index contributed by atoms with van der Waals surface area (Å²) in [5, 5.41) is 2.86. The molecule has 1 aliphatic heterocycles. The summed E-state index contributed by atoms with van der Waals surface area (Å²) < 4.78 is 0. The van der Waals surface area contributed by atoms with Crippen molar-refractivity contribution in [2.75, 3.05) is 23.3 Å². The lowest BCUT2D eigenvalue weighted by Crippen LogP contribution is -2.23. The van der Waals surface area contributed by atoms with E-state index in [1.807, 2.05) is 24.3 Å². The molecule has 0 unspecified atom stereocenters. The Morgan fingerprint density at radius 2 is 2.20 bits per heavy atom. The number of unbranched alkanes of at least 4 members (excludes halogenated alkanes) is 1. The maximum atomic E-state index is 11.8. The minimum atomic E-state index is -0.0108. The van der Waals surface area contributed by atoms with E-state index in [9.17, 15) is 9.59 Å². The molecule has 1 heterocycles. The van der Waals surface area contributed by atoms with Gasteiger partial charge in [-0.05, 0) is 44.0 Å². The fourth-order valence-electron chi connectivity index (χ4n) is 2.33. The molecule has 1 aromatic rings. The summed E-state index contributed by atoms with van der Waals surface area (Å²) in [4.78, 5) is 25.2. The third kappa shape index (κ3) is 3.81. The minimum Gasteiger partial charge on any atom is -0.330 e. The first-order chi connectivity index (χ1) is 9.70. The molecule has 1 saturated heterocycles. The summed E-state index contributed by atoms with van der Waals surface area (Å²) in [5.41, 5.74) is 6.99. The number of benzene rings is 1. The number of nitrogens with zero attached hydrogens (tertiary/aromatic N) is 1. The van der Waals surface area contributed by atoms with Crippen molar-refractivity contribution in [3.8, 4) is 0 Å². The molecule has 3 N–H and O–H groups in total. The van der Waals surface area contributed by atoms with Crippen LogP contribution < -0.4 is 16.0 Å². The van der Waals surface area contributed by atoms with Gasteiger partial charge in [-0.25, -0.2) is 0 Å². The summed E-state index contributed by atoms with van der Waals surface area (Å²) in [5.74, 6) is 0.139. The van der Waals surface area contributed by atoms with Crippen LogP contribution in [-0.4, -0.2) is 24.9 Å². The number of hydrogen-bond acceptors (Lipinski definition) is 3. The quantitative estimate of drug-likeness (QED) is 0.778. The summed E-state index contributed by atoms with van der Waals surface area (Å²) in [6, 6.07) is 7.44. The molecule has 0 spiro atoms. The van der Waals surface area contributed by atoms with Gasteiger partial charge in [0.05, 0.1) is 0 Å². The van der Waals surface area contributed by atoms with Gasteiger partial charge in [-0.3, -0.25) is 9.59 Å². The third-order valence-corrected chi connectivity index (χ3v) is 3.37. The van der Waals surface area contributed by atoms with Gasteiger partial charge in [-0.1, -0.05) is 6.07 Å². The van der Waals surface area contributed by atoms with Crippen molar-refractivity contribution in [2.24, 2.45) is 5.73 Å². The zero-order chi connectivity index (χ0) is 14.4. The molecule has 108 valence electrons. The van der Waals surface area contributed by atoms with Crippen LogP contribution in [0.1, 0.15) is 32.1 Å². The van der Waals surface area contributed by atoms with Gasteiger partial charge in [0.2, 0.25) is 11.8 Å². The zero-order valence-corrected chi connectivity index (χ0v) is 11.6. The maximum Gasteiger partial charge on any atom is 0.227 e. The Morgan fingerprint density at radius 1 is 1.35 bits per heavy atom. The molecule has 2 rings (SSSR count). The molecule has 1 fully saturated rings. The molecule has 0 radical (unpaired) electrons. The molecule has 0 bridgehead atoms. The molecule has 5 heteroatoms. The number of hydrogen-bond donors (Lipinski definition) is 2. The molecule has 2 amide bonds. The van der Waals surface area contributed by atoms with Gasteiger partial charge >= 0.3 is 0 Å². The number of anilines is 2. The van der Waals surface area contributed by atoms with Crippen molar-refractivity contribution >= 4 is 23.2 Å². The van der Waals surface area contributed by atoms with E-state index >= 15 is 0 Å². The highest BCUT2D eigenvalue weighted by Gasteiger charge is 2.21. The van der Waals surface area contributed by atoms with Crippen LogP contribution in [0.4, 0.5) is 11.4 Å². The van der Waals surface area contributed by atoms with Crippen LogP contribution in [0.25, 0.3) is 0 Å². The van der Waals surface area contributed by atoms with Crippen LogP contribution >= 0.6 is 0 Å². The predicted molar refractivity (Wildman–Crippen MR) is 79.6 cm³/mol. The van der Waals surface area contributed by atoms with Crippen molar-refractivity contribution < 1.29 is 9.59 Å². The van der Waals surface area contributed by atoms with Gasteiger partial charge in [0, 0.05) is 30.8 Å². The van der Waals surface area contributed by atoms with Crippen molar-refractivity contribution in [3.05, 3.63) is 24.3 Å². The lowest BCUT2D eigenvalue weighted by molar-refractivity contribution is -0.117. The lowest BCUT2D eigenvalue weighted by atomic mass is 10.2. The Hall–Kier alpha value is -1.88. The van der Waals surface area contributed by atoms with Gasteiger partial charge in [-0.2, -0.15) is 0 Å². The summed E-state index contributed by atoms with van der Waals surface area (Å²) >= 11 is 0. The molecule has 1 aromatic carbocycles. The molecule has 1 aliphatic rings. The monoisotopic (exact) mass is 275 g/mol. The topological polar surface area (TPSA) is 75.4 Å². The molecule has 20 heavy (non-hydrogen) atoms. The fraction of sp³-hybridized carbons (Fsp3) is 0.467. The summed E-state index contributed by atoms with van der Waals surface area (Å²) in [6.45, 7) is 1.37.